The van der Waals surface area contributed by atoms with Crippen molar-refractivity contribution in [3.05, 3.63) is 28.2 Å². The van der Waals surface area contributed by atoms with E-state index in [4.69, 9.17) is 0 Å². The van der Waals surface area contributed by atoms with Gasteiger partial charge < -0.3 is 13.5 Å². The molecule has 0 unspecified atom stereocenters. The van der Waals surface area contributed by atoms with Gasteiger partial charge in [-0.25, -0.2) is 13.6 Å². The van der Waals surface area contributed by atoms with Crippen LogP contribution in [0.2, 0.25) is 0 Å². The molecule has 0 amide bonds. The summed E-state index contributed by atoms with van der Waals surface area (Å²) in [6.45, 7) is 0. The minimum Gasteiger partial charge on any atom is -0.465 e. The first-order chi connectivity index (χ1) is 11.9. The summed E-state index contributed by atoms with van der Waals surface area (Å²) in [6.07, 6.45) is -2.31. The number of carbonyl (C=O) groups excluding carboxylic acids is 1. The fourth-order valence-electron chi connectivity index (χ4n) is 2.46. The van der Waals surface area contributed by atoms with Crippen molar-refractivity contribution < 1.29 is 44.1 Å². The Bertz CT molecular complexity index is 872. The molecule has 1 heterocycles. The van der Waals surface area contributed by atoms with Gasteiger partial charge in [0.15, 0.2) is 5.75 Å². The summed E-state index contributed by atoms with van der Waals surface area (Å²) in [5.41, 5.74) is -9.91. The number of halogens is 5. The van der Waals surface area contributed by atoms with E-state index in [1.807, 2.05) is 0 Å². The summed E-state index contributed by atoms with van der Waals surface area (Å²) >= 11 is 0. The van der Waals surface area contributed by atoms with Gasteiger partial charge in [0.2, 0.25) is 0 Å². The first-order valence-electron chi connectivity index (χ1n) is 7.00. The second-order valence-electron chi connectivity index (χ2n) is 5.49. The Labute approximate surface area is 143 Å². The second-order valence-corrected chi connectivity index (χ2v) is 7.03. The monoisotopic (exact) mass is 405 g/mol. The Hall–Kier alpha value is -2.18. The van der Waals surface area contributed by atoms with E-state index >= 15 is 0 Å². The van der Waals surface area contributed by atoms with Crippen molar-refractivity contribution >= 4 is 16.1 Å². The van der Waals surface area contributed by atoms with E-state index in [9.17, 15) is 40.0 Å². The number of hydrogen-bond acceptors (Lipinski definition) is 6. The van der Waals surface area contributed by atoms with E-state index in [0.717, 1.165) is 7.11 Å². The first kappa shape index (κ1) is 20.1. The lowest BCUT2D eigenvalue weighted by atomic mass is 9.76. The van der Waals surface area contributed by atoms with Crippen LogP contribution in [0.5, 0.6) is 5.75 Å². The predicted octanol–water partition coefficient (Wildman–Crippen LogP) is 2.01. The Morgan fingerprint density at radius 1 is 1.31 bits per heavy atom. The zero-order valence-corrected chi connectivity index (χ0v) is 13.9. The van der Waals surface area contributed by atoms with E-state index in [0.29, 0.717) is 17.2 Å². The van der Waals surface area contributed by atoms with Crippen LogP contribution in [0, 0.1) is 0 Å². The highest BCUT2D eigenvalue weighted by Gasteiger charge is 2.50. The Morgan fingerprint density at radius 3 is 2.27 bits per heavy atom. The van der Waals surface area contributed by atoms with Gasteiger partial charge in [0.25, 0.3) is 12.0 Å². The molecule has 0 spiro atoms. The zero-order valence-electron chi connectivity index (χ0n) is 13.0. The van der Waals surface area contributed by atoms with E-state index in [2.05, 4.69) is 8.92 Å². The fourth-order valence-corrected chi connectivity index (χ4v) is 2.93. The molecule has 1 aromatic heterocycles. The van der Waals surface area contributed by atoms with Crippen LogP contribution in [-0.4, -0.2) is 38.0 Å². The lowest BCUT2D eigenvalue weighted by Crippen LogP contribution is -2.51. The third-order valence-electron chi connectivity index (χ3n) is 4.01. The third kappa shape index (κ3) is 3.27. The molecule has 0 atom stereocenters. The van der Waals surface area contributed by atoms with Crippen molar-refractivity contribution in [3.63, 3.8) is 0 Å². The highest BCUT2D eigenvalue weighted by molar-refractivity contribution is 7.88. The number of ether oxygens (including phenoxy) is 1. The average molecular weight is 405 g/mol. The Kier molecular flexibility index (Phi) is 5.05. The fraction of sp³-hybridized carbons (Fsp3) is 0.538. The molecule has 0 aromatic carbocycles. The number of hydrogen-bond donors (Lipinski definition) is 0. The van der Waals surface area contributed by atoms with Crippen molar-refractivity contribution in [2.24, 2.45) is 0 Å². The maximum atomic E-state index is 13.4. The van der Waals surface area contributed by atoms with E-state index in [-0.39, 0.29) is 18.9 Å². The van der Waals surface area contributed by atoms with Crippen LogP contribution >= 0.6 is 0 Å². The van der Waals surface area contributed by atoms with Crippen LogP contribution in [0.4, 0.5) is 22.0 Å². The highest BCUT2D eigenvalue weighted by atomic mass is 32.2. The lowest BCUT2D eigenvalue weighted by Gasteiger charge is -2.42. The molecule has 1 aliphatic rings. The third-order valence-corrected chi connectivity index (χ3v) is 4.98. The summed E-state index contributed by atoms with van der Waals surface area (Å²) in [6, 6.07) is 0.234. The van der Waals surface area contributed by atoms with Crippen LogP contribution in [0.1, 0.15) is 29.6 Å². The molecule has 0 bridgehead atoms. The molecule has 2 rings (SSSR count). The Morgan fingerprint density at radius 2 is 1.88 bits per heavy atom. The first-order valence-corrected chi connectivity index (χ1v) is 8.41. The molecule has 0 radical (unpaired) electrons. The molecule has 1 saturated carbocycles. The minimum atomic E-state index is -6.19. The van der Waals surface area contributed by atoms with Gasteiger partial charge in [-0.1, -0.05) is 0 Å². The summed E-state index contributed by atoms with van der Waals surface area (Å²) in [7, 11) is -5.37. The molecular weight excluding hydrogens is 393 g/mol. The number of rotatable bonds is 5. The molecule has 0 N–H and O–H groups in total. The second kappa shape index (κ2) is 6.52. The van der Waals surface area contributed by atoms with Crippen LogP contribution in [0.15, 0.2) is 17.1 Å². The van der Waals surface area contributed by atoms with Crippen molar-refractivity contribution in [1.82, 2.24) is 4.57 Å². The van der Waals surface area contributed by atoms with Gasteiger partial charge in [-0.3, -0.25) is 4.79 Å². The Balaban J connectivity index is 2.63. The van der Waals surface area contributed by atoms with Crippen molar-refractivity contribution in [2.45, 2.75) is 36.7 Å². The van der Waals surface area contributed by atoms with Crippen LogP contribution < -0.4 is 9.74 Å². The normalized spacial score (nSPS) is 16.9. The van der Waals surface area contributed by atoms with Gasteiger partial charge in [-0.05, 0) is 19.3 Å². The molecular formula is C13H12F5NO6S. The van der Waals surface area contributed by atoms with Gasteiger partial charge in [-0.15, -0.1) is 0 Å². The highest BCUT2D eigenvalue weighted by Crippen LogP contribution is 2.43. The van der Waals surface area contributed by atoms with E-state index < -0.39 is 50.4 Å². The number of carbonyl (C=O) groups is 1. The molecule has 1 aromatic rings. The van der Waals surface area contributed by atoms with E-state index in [1.54, 1.807) is 0 Å². The molecule has 7 nitrogen and oxygen atoms in total. The quantitative estimate of drug-likeness (QED) is 0.322. The summed E-state index contributed by atoms with van der Waals surface area (Å²) < 4.78 is 95.0. The lowest BCUT2D eigenvalue weighted by molar-refractivity contribution is -0.0511. The van der Waals surface area contributed by atoms with Crippen LogP contribution in [0.25, 0.3) is 0 Å². The topological polar surface area (TPSA) is 91.7 Å². The molecule has 1 aliphatic carbocycles. The van der Waals surface area contributed by atoms with Gasteiger partial charge >= 0.3 is 21.6 Å². The average Bonchev–Trinajstić information content (AvgIpc) is 2.45. The molecule has 146 valence electrons. The number of nitrogens with zero attached hydrogens (tertiary/aromatic N) is 1. The SMILES string of the molecule is COC(=O)c1cn(C2(C(F)F)CCC2)c(=O)cc1OS(=O)(=O)C(F)(F)F. The van der Waals surface area contributed by atoms with Crippen molar-refractivity contribution in [3.8, 4) is 5.75 Å². The molecule has 26 heavy (non-hydrogen) atoms. The largest absolute Gasteiger partial charge is 0.534 e. The number of esters is 1. The maximum absolute atomic E-state index is 13.4. The zero-order chi connectivity index (χ0) is 19.9. The van der Waals surface area contributed by atoms with Crippen LogP contribution in [0.3, 0.4) is 0 Å². The standard InChI is InChI=1S/C13H12F5NO6S/c1-24-10(21)7-6-19(12(11(14)15)3-2-4-12)9(20)5-8(7)25-26(22,23)13(16,17)18/h5-6,11H,2-4H2,1H3. The van der Waals surface area contributed by atoms with Crippen molar-refractivity contribution in [1.29, 1.82) is 0 Å². The van der Waals surface area contributed by atoms with Gasteiger partial charge in [0, 0.05) is 12.3 Å². The number of methoxy groups -OCH3 is 1. The van der Waals surface area contributed by atoms with Crippen LogP contribution in [-0.2, 0) is 20.4 Å². The number of pyridine rings is 1. The summed E-state index contributed by atoms with van der Waals surface area (Å²) in [5, 5.41) is 0. The molecule has 0 aliphatic heterocycles. The molecule has 0 saturated heterocycles. The van der Waals surface area contributed by atoms with E-state index in [1.165, 1.54) is 0 Å². The molecule has 1 fully saturated rings. The minimum absolute atomic E-state index is 0.105. The smallest absolute Gasteiger partial charge is 0.465 e. The predicted molar refractivity (Wildman–Crippen MR) is 75.5 cm³/mol. The van der Waals surface area contributed by atoms with Crippen molar-refractivity contribution in [2.75, 3.05) is 7.11 Å². The summed E-state index contributed by atoms with van der Waals surface area (Å²) in [4.78, 5) is 23.9. The van der Waals surface area contributed by atoms with Gasteiger partial charge in [0.1, 0.15) is 11.1 Å². The number of aromatic nitrogens is 1. The van der Waals surface area contributed by atoms with Gasteiger partial charge in [-0.2, -0.15) is 21.6 Å². The number of alkyl halides is 5. The maximum Gasteiger partial charge on any atom is 0.534 e. The summed E-state index contributed by atoms with van der Waals surface area (Å²) in [5.74, 6) is -2.63. The van der Waals surface area contributed by atoms with Gasteiger partial charge in [0.05, 0.1) is 7.11 Å². The molecule has 13 heteroatoms.